The smallest absolute Gasteiger partial charge is 0.274 e. The van der Waals surface area contributed by atoms with Crippen molar-refractivity contribution in [3.8, 4) is 5.75 Å². The molecule has 25 heavy (non-hydrogen) atoms. The number of carbonyl (C=O) groups excluding carboxylic acids is 1. The molecular weight excluding hydrogens is 321 g/mol. The lowest BCUT2D eigenvalue weighted by atomic mass is 10.1. The minimum Gasteiger partial charge on any atom is -0.490 e. The SMILES string of the molecule is Cc1ccc2nc(C(=O)NCc3ccc4c(c3)C[C@@H](C)O4)c(F)n2c1. The number of amides is 1. The van der Waals surface area contributed by atoms with Crippen molar-refractivity contribution in [2.75, 3.05) is 0 Å². The summed E-state index contributed by atoms with van der Waals surface area (Å²) in [6.07, 6.45) is 2.66. The number of nitrogens with one attached hydrogen (secondary N) is 1. The van der Waals surface area contributed by atoms with E-state index in [1.807, 2.05) is 38.1 Å². The maximum atomic E-state index is 14.4. The third kappa shape index (κ3) is 2.84. The molecule has 0 saturated carbocycles. The summed E-state index contributed by atoms with van der Waals surface area (Å²) >= 11 is 0. The van der Waals surface area contributed by atoms with Crippen molar-refractivity contribution >= 4 is 11.6 Å². The second kappa shape index (κ2) is 5.88. The maximum Gasteiger partial charge on any atom is 0.274 e. The maximum absolute atomic E-state index is 14.4. The van der Waals surface area contributed by atoms with E-state index in [-0.39, 0.29) is 11.8 Å². The van der Waals surface area contributed by atoms with E-state index in [4.69, 9.17) is 4.74 Å². The average molecular weight is 339 g/mol. The fourth-order valence-electron chi connectivity index (χ4n) is 3.12. The second-order valence-electron chi connectivity index (χ2n) is 6.44. The first-order valence-corrected chi connectivity index (χ1v) is 8.22. The fraction of sp³-hybridized carbons (Fsp3) is 0.263. The molecule has 0 spiro atoms. The van der Waals surface area contributed by atoms with E-state index in [0.717, 1.165) is 28.9 Å². The number of nitrogens with zero attached hydrogens (tertiary/aromatic N) is 2. The van der Waals surface area contributed by atoms with Crippen LogP contribution in [0.1, 0.15) is 34.1 Å². The Morgan fingerprint density at radius 3 is 3.08 bits per heavy atom. The Hall–Kier alpha value is -2.89. The average Bonchev–Trinajstić information content (AvgIpc) is 3.11. The molecule has 128 valence electrons. The van der Waals surface area contributed by atoms with E-state index < -0.39 is 11.9 Å². The quantitative estimate of drug-likeness (QED) is 0.798. The minimum absolute atomic E-state index is 0.176. The molecule has 3 heterocycles. The van der Waals surface area contributed by atoms with E-state index in [9.17, 15) is 9.18 Å². The highest BCUT2D eigenvalue weighted by molar-refractivity contribution is 5.93. The molecule has 1 atom stereocenters. The fourth-order valence-corrected chi connectivity index (χ4v) is 3.12. The molecule has 1 N–H and O–H groups in total. The highest BCUT2D eigenvalue weighted by atomic mass is 19.1. The zero-order valence-corrected chi connectivity index (χ0v) is 14.0. The van der Waals surface area contributed by atoms with Crippen molar-refractivity contribution in [1.29, 1.82) is 0 Å². The number of fused-ring (bicyclic) bond motifs is 2. The van der Waals surface area contributed by atoms with Crippen LogP contribution < -0.4 is 10.1 Å². The van der Waals surface area contributed by atoms with Gasteiger partial charge in [-0.05, 0) is 42.7 Å². The number of rotatable bonds is 3. The lowest BCUT2D eigenvalue weighted by Crippen LogP contribution is -2.24. The largest absolute Gasteiger partial charge is 0.490 e. The summed E-state index contributed by atoms with van der Waals surface area (Å²) in [7, 11) is 0. The molecule has 3 aromatic rings. The van der Waals surface area contributed by atoms with Gasteiger partial charge < -0.3 is 10.1 Å². The van der Waals surface area contributed by atoms with Crippen LogP contribution in [0.25, 0.3) is 5.65 Å². The Balaban J connectivity index is 1.51. The van der Waals surface area contributed by atoms with E-state index in [2.05, 4.69) is 10.3 Å². The lowest BCUT2D eigenvalue weighted by molar-refractivity contribution is 0.0942. The molecule has 0 aliphatic carbocycles. The van der Waals surface area contributed by atoms with Crippen LogP contribution in [-0.2, 0) is 13.0 Å². The third-order valence-electron chi connectivity index (χ3n) is 4.34. The van der Waals surface area contributed by atoms with Crippen LogP contribution in [0, 0.1) is 12.9 Å². The summed E-state index contributed by atoms with van der Waals surface area (Å²) in [6, 6.07) is 9.35. The standard InChI is InChI=1S/C19H18FN3O2/c1-11-3-6-16-22-17(18(20)23(16)10-11)19(24)21-9-13-4-5-15-14(8-13)7-12(2)25-15/h3-6,8,10,12H,7,9H2,1-2H3,(H,21,24)/t12-/m1/s1. The summed E-state index contributed by atoms with van der Waals surface area (Å²) < 4.78 is 21.4. The molecule has 6 heteroatoms. The Kier molecular flexibility index (Phi) is 3.67. The topological polar surface area (TPSA) is 55.6 Å². The van der Waals surface area contributed by atoms with Crippen molar-refractivity contribution in [1.82, 2.24) is 14.7 Å². The Bertz CT molecular complexity index is 980. The molecular formula is C19H18FN3O2. The predicted molar refractivity (Wildman–Crippen MR) is 91.3 cm³/mol. The van der Waals surface area contributed by atoms with Crippen LogP contribution in [-0.4, -0.2) is 21.4 Å². The van der Waals surface area contributed by atoms with E-state index >= 15 is 0 Å². The van der Waals surface area contributed by atoms with Crippen LogP contribution in [0.5, 0.6) is 5.75 Å². The Labute approximate surface area is 144 Å². The monoisotopic (exact) mass is 339 g/mol. The normalized spacial score (nSPS) is 15.9. The van der Waals surface area contributed by atoms with Gasteiger partial charge in [0.2, 0.25) is 5.95 Å². The highest BCUT2D eigenvalue weighted by Gasteiger charge is 2.21. The van der Waals surface area contributed by atoms with E-state index in [0.29, 0.717) is 12.2 Å². The first kappa shape index (κ1) is 15.6. The van der Waals surface area contributed by atoms with Crippen LogP contribution in [0.4, 0.5) is 4.39 Å². The molecule has 1 aliphatic heterocycles. The third-order valence-corrected chi connectivity index (χ3v) is 4.34. The number of halogens is 1. The molecule has 1 aromatic carbocycles. The van der Waals surface area contributed by atoms with Crippen molar-refractivity contribution in [3.05, 3.63) is 64.9 Å². The minimum atomic E-state index is -0.646. The van der Waals surface area contributed by atoms with Crippen molar-refractivity contribution < 1.29 is 13.9 Å². The van der Waals surface area contributed by atoms with Crippen molar-refractivity contribution in [3.63, 3.8) is 0 Å². The Morgan fingerprint density at radius 2 is 2.24 bits per heavy atom. The molecule has 1 aliphatic rings. The molecule has 0 saturated heterocycles. The summed E-state index contributed by atoms with van der Waals surface area (Å²) in [6.45, 7) is 4.19. The predicted octanol–water partition coefficient (Wildman–Crippen LogP) is 3.04. The highest BCUT2D eigenvalue weighted by Crippen LogP contribution is 2.29. The van der Waals surface area contributed by atoms with Gasteiger partial charge in [0.1, 0.15) is 17.5 Å². The van der Waals surface area contributed by atoms with Gasteiger partial charge in [0.15, 0.2) is 5.69 Å². The number of benzene rings is 1. The van der Waals surface area contributed by atoms with Gasteiger partial charge in [-0.25, -0.2) is 4.98 Å². The number of pyridine rings is 1. The molecule has 5 nitrogen and oxygen atoms in total. The number of imidazole rings is 1. The molecule has 4 rings (SSSR count). The number of ether oxygens (including phenoxy) is 1. The lowest BCUT2D eigenvalue weighted by Gasteiger charge is -2.06. The molecule has 0 bridgehead atoms. The van der Waals surface area contributed by atoms with Gasteiger partial charge in [-0.15, -0.1) is 0 Å². The van der Waals surface area contributed by atoms with Crippen LogP contribution in [0.15, 0.2) is 36.5 Å². The van der Waals surface area contributed by atoms with Gasteiger partial charge >= 0.3 is 0 Å². The first-order valence-electron chi connectivity index (χ1n) is 8.22. The Morgan fingerprint density at radius 1 is 1.40 bits per heavy atom. The van der Waals surface area contributed by atoms with Gasteiger partial charge in [0.25, 0.3) is 5.91 Å². The van der Waals surface area contributed by atoms with Crippen molar-refractivity contribution in [2.24, 2.45) is 0 Å². The van der Waals surface area contributed by atoms with Crippen LogP contribution >= 0.6 is 0 Å². The van der Waals surface area contributed by atoms with Crippen LogP contribution in [0.3, 0.4) is 0 Å². The molecule has 0 radical (unpaired) electrons. The first-order chi connectivity index (χ1) is 12.0. The zero-order chi connectivity index (χ0) is 17.6. The number of carbonyl (C=O) groups is 1. The second-order valence-corrected chi connectivity index (χ2v) is 6.44. The van der Waals surface area contributed by atoms with Crippen molar-refractivity contribution in [2.45, 2.75) is 32.9 Å². The summed E-state index contributed by atoms with van der Waals surface area (Å²) in [4.78, 5) is 16.4. The summed E-state index contributed by atoms with van der Waals surface area (Å²) in [5.74, 6) is -0.277. The molecule has 2 aromatic heterocycles. The van der Waals surface area contributed by atoms with Gasteiger partial charge in [0, 0.05) is 19.2 Å². The van der Waals surface area contributed by atoms with Gasteiger partial charge in [-0.3, -0.25) is 9.20 Å². The number of hydrogen-bond acceptors (Lipinski definition) is 3. The molecule has 0 unspecified atom stereocenters. The van der Waals surface area contributed by atoms with E-state index in [1.54, 1.807) is 12.3 Å². The molecule has 0 fully saturated rings. The molecule has 1 amide bonds. The summed E-state index contributed by atoms with van der Waals surface area (Å²) in [5.41, 5.74) is 3.20. The van der Waals surface area contributed by atoms with Gasteiger partial charge in [0.05, 0.1) is 0 Å². The summed E-state index contributed by atoms with van der Waals surface area (Å²) in [5, 5.41) is 2.74. The van der Waals surface area contributed by atoms with Crippen LogP contribution in [0.2, 0.25) is 0 Å². The number of hydrogen-bond donors (Lipinski definition) is 1. The zero-order valence-electron chi connectivity index (χ0n) is 14.0. The number of aromatic nitrogens is 2. The number of aryl methyl sites for hydroxylation is 1. The van der Waals surface area contributed by atoms with E-state index in [1.165, 1.54) is 4.40 Å². The van der Waals surface area contributed by atoms with Gasteiger partial charge in [-0.1, -0.05) is 18.2 Å². The van der Waals surface area contributed by atoms with Gasteiger partial charge in [-0.2, -0.15) is 4.39 Å².